The molecule has 0 saturated heterocycles. The summed E-state index contributed by atoms with van der Waals surface area (Å²) in [5, 5.41) is 16.6. The van der Waals surface area contributed by atoms with Crippen molar-refractivity contribution in [3.8, 4) is 5.75 Å². The Kier molecular flexibility index (Phi) is 4.74. The number of aryl methyl sites for hydroxylation is 1. The zero-order valence-corrected chi connectivity index (χ0v) is 13.2. The number of ether oxygens (including phenoxy) is 1. The Balaban J connectivity index is 2.07. The molecular formula is C14H14BrN3O3. The van der Waals surface area contributed by atoms with Gasteiger partial charge < -0.3 is 14.4 Å². The smallest absolute Gasteiger partial charge is 0.328 e. The lowest BCUT2D eigenvalue weighted by Crippen LogP contribution is -2.04. The number of carbonyl (C=O) groups is 1. The van der Waals surface area contributed by atoms with E-state index < -0.39 is 5.97 Å². The largest absolute Gasteiger partial charge is 0.484 e. The van der Waals surface area contributed by atoms with Gasteiger partial charge in [-0.2, -0.15) is 0 Å². The Morgan fingerprint density at radius 1 is 1.48 bits per heavy atom. The summed E-state index contributed by atoms with van der Waals surface area (Å²) in [6, 6.07) is 5.34. The van der Waals surface area contributed by atoms with Crippen LogP contribution in [0.5, 0.6) is 5.75 Å². The fourth-order valence-electron chi connectivity index (χ4n) is 1.62. The van der Waals surface area contributed by atoms with Gasteiger partial charge in [0.25, 0.3) is 0 Å². The first kappa shape index (κ1) is 15.2. The number of hydrogen-bond donors (Lipinski definition) is 1. The quantitative estimate of drug-likeness (QED) is 0.837. The van der Waals surface area contributed by atoms with Crippen molar-refractivity contribution in [2.45, 2.75) is 13.5 Å². The molecule has 2 rings (SSSR count). The first-order chi connectivity index (χ1) is 9.97. The highest BCUT2D eigenvalue weighted by atomic mass is 79.9. The molecule has 1 aromatic carbocycles. The zero-order valence-electron chi connectivity index (χ0n) is 11.6. The minimum atomic E-state index is -0.982. The van der Waals surface area contributed by atoms with Crippen LogP contribution >= 0.6 is 15.9 Å². The number of carboxylic acid groups (broad SMARTS) is 1. The zero-order chi connectivity index (χ0) is 15.4. The van der Waals surface area contributed by atoms with E-state index >= 15 is 0 Å². The molecule has 2 aromatic rings. The molecule has 1 heterocycles. The van der Waals surface area contributed by atoms with E-state index in [1.165, 1.54) is 6.08 Å². The molecule has 0 amide bonds. The molecule has 0 aliphatic heterocycles. The van der Waals surface area contributed by atoms with Crippen LogP contribution in [0, 0.1) is 6.92 Å². The predicted molar refractivity (Wildman–Crippen MR) is 80.9 cm³/mol. The van der Waals surface area contributed by atoms with Gasteiger partial charge in [-0.15, -0.1) is 10.2 Å². The summed E-state index contributed by atoms with van der Waals surface area (Å²) in [5.41, 5.74) is 0.770. The summed E-state index contributed by atoms with van der Waals surface area (Å²) in [5.74, 6) is 1.23. The lowest BCUT2D eigenvalue weighted by atomic mass is 10.2. The van der Waals surface area contributed by atoms with Crippen LogP contribution in [0.2, 0.25) is 0 Å². The van der Waals surface area contributed by atoms with Gasteiger partial charge >= 0.3 is 5.97 Å². The van der Waals surface area contributed by atoms with E-state index in [-0.39, 0.29) is 0 Å². The minimum Gasteiger partial charge on any atom is -0.484 e. The Morgan fingerprint density at radius 3 is 2.81 bits per heavy atom. The van der Waals surface area contributed by atoms with Crippen molar-refractivity contribution in [3.63, 3.8) is 0 Å². The first-order valence-electron chi connectivity index (χ1n) is 6.15. The summed E-state index contributed by atoms with van der Waals surface area (Å²) in [6.45, 7) is 2.18. The lowest BCUT2D eigenvalue weighted by molar-refractivity contribution is -0.131. The van der Waals surface area contributed by atoms with Crippen molar-refractivity contribution >= 4 is 28.0 Å². The van der Waals surface area contributed by atoms with Gasteiger partial charge in [-0.3, -0.25) is 0 Å². The highest BCUT2D eigenvalue weighted by Crippen LogP contribution is 2.27. The van der Waals surface area contributed by atoms with Crippen LogP contribution in [0.25, 0.3) is 6.08 Å². The number of aromatic nitrogens is 3. The summed E-state index contributed by atoms with van der Waals surface area (Å²) in [7, 11) is 1.88. The number of hydrogen-bond acceptors (Lipinski definition) is 4. The van der Waals surface area contributed by atoms with Crippen LogP contribution in [-0.4, -0.2) is 25.8 Å². The molecule has 6 nitrogen and oxygen atoms in total. The Bertz CT molecular complexity index is 695. The fraction of sp³-hybridized carbons (Fsp3) is 0.214. The van der Waals surface area contributed by atoms with Crippen LogP contribution in [0.3, 0.4) is 0 Å². The van der Waals surface area contributed by atoms with Crippen molar-refractivity contribution < 1.29 is 14.6 Å². The number of carboxylic acids is 1. The number of halogens is 1. The van der Waals surface area contributed by atoms with E-state index in [1.54, 1.807) is 18.2 Å². The van der Waals surface area contributed by atoms with Gasteiger partial charge in [0.05, 0.1) is 4.47 Å². The van der Waals surface area contributed by atoms with Crippen LogP contribution in [0.1, 0.15) is 17.2 Å². The van der Waals surface area contributed by atoms with Gasteiger partial charge in [0.1, 0.15) is 18.2 Å². The molecule has 0 fully saturated rings. The average Bonchev–Trinajstić information content (AvgIpc) is 2.75. The summed E-state index contributed by atoms with van der Waals surface area (Å²) >= 11 is 3.40. The first-order valence-corrected chi connectivity index (χ1v) is 6.95. The minimum absolute atomic E-state index is 0.306. The van der Waals surface area contributed by atoms with Crippen LogP contribution < -0.4 is 4.74 Å². The summed E-state index contributed by atoms with van der Waals surface area (Å²) in [4.78, 5) is 10.5. The Morgan fingerprint density at radius 2 is 2.24 bits per heavy atom. The third-order valence-corrected chi connectivity index (χ3v) is 3.53. The molecule has 0 unspecified atom stereocenters. The summed E-state index contributed by atoms with van der Waals surface area (Å²) < 4.78 is 8.29. The molecular weight excluding hydrogens is 338 g/mol. The van der Waals surface area contributed by atoms with Gasteiger partial charge in [0.15, 0.2) is 5.82 Å². The molecule has 1 aromatic heterocycles. The molecule has 0 aliphatic rings. The van der Waals surface area contributed by atoms with Crippen LogP contribution in [0.15, 0.2) is 28.7 Å². The van der Waals surface area contributed by atoms with Crippen LogP contribution in [-0.2, 0) is 18.4 Å². The van der Waals surface area contributed by atoms with E-state index in [1.807, 2.05) is 18.5 Å². The molecule has 1 N–H and O–H groups in total. The summed E-state index contributed by atoms with van der Waals surface area (Å²) in [6.07, 6.45) is 2.60. The maximum atomic E-state index is 10.5. The molecule has 0 aliphatic carbocycles. The number of benzene rings is 1. The van der Waals surface area contributed by atoms with Crippen molar-refractivity contribution in [1.29, 1.82) is 0 Å². The predicted octanol–water partition coefficient (Wildman–Crippen LogP) is 2.56. The van der Waals surface area contributed by atoms with Gasteiger partial charge in [-0.05, 0) is 46.6 Å². The molecule has 0 bridgehead atoms. The van der Waals surface area contributed by atoms with Gasteiger partial charge in [0, 0.05) is 13.1 Å². The maximum Gasteiger partial charge on any atom is 0.328 e. The molecule has 0 radical (unpaired) electrons. The molecule has 0 saturated carbocycles. The Labute approximate surface area is 130 Å². The average molecular weight is 352 g/mol. The third kappa shape index (κ3) is 3.91. The second-order valence-corrected chi connectivity index (χ2v) is 5.23. The topological polar surface area (TPSA) is 77.2 Å². The van der Waals surface area contributed by atoms with E-state index in [9.17, 15) is 4.79 Å². The standard InChI is InChI=1S/C14H14BrN3O3/c1-9-16-17-13(18(9)2)8-21-12-5-3-10(7-11(12)15)4-6-14(19)20/h3-7H,8H2,1-2H3,(H,19,20). The van der Waals surface area contributed by atoms with Gasteiger partial charge in [0.2, 0.25) is 0 Å². The Hall–Kier alpha value is -2.15. The van der Waals surface area contributed by atoms with Crippen molar-refractivity contribution in [2.75, 3.05) is 0 Å². The van der Waals surface area contributed by atoms with E-state index in [0.29, 0.717) is 12.4 Å². The molecule has 0 atom stereocenters. The highest BCUT2D eigenvalue weighted by Gasteiger charge is 2.07. The van der Waals surface area contributed by atoms with Crippen molar-refractivity contribution in [1.82, 2.24) is 14.8 Å². The number of nitrogens with zero attached hydrogens (tertiary/aromatic N) is 3. The molecule has 0 spiro atoms. The van der Waals surface area contributed by atoms with Crippen LogP contribution in [0.4, 0.5) is 0 Å². The monoisotopic (exact) mass is 351 g/mol. The molecule has 110 valence electrons. The number of rotatable bonds is 5. The van der Waals surface area contributed by atoms with E-state index in [2.05, 4.69) is 26.1 Å². The molecule has 7 heteroatoms. The fourth-order valence-corrected chi connectivity index (χ4v) is 2.14. The third-order valence-electron chi connectivity index (χ3n) is 2.91. The highest BCUT2D eigenvalue weighted by molar-refractivity contribution is 9.10. The van der Waals surface area contributed by atoms with Gasteiger partial charge in [-0.1, -0.05) is 6.07 Å². The van der Waals surface area contributed by atoms with E-state index in [4.69, 9.17) is 9.84 Å². The van der Waals surface area contributed by atoms with Crippen molar-refractivity contribution in [2.24, 2.45) is 7.05 Å². The van der Waals surface area contributed by atoms with Gasteiger partial charge in [-0.25, -0.2) is 4.79 Å². The lowest BCUT2D eigenvalue weighted by Gasteiger charge is -2.08. The normalized spacial score (nSPS) is 11.0. The molecule has 21 heavy (non-hydrogen) atoms. The SMILES string of the molecule is Cc1nnc(COc2ccc(C=CC(=O)O)cc2Br)n1C. The van der Waals surface area contributed by atoms with E-state index in [0.717, 1.165) is 27.8 Å². The maximum absolute atomic E-state index is 10.5. The second-order valence-electron chi connectivity index (χ2n) is 4.37. The van der Waals surface area contributed by atoms with Crippen molar-refractivity contribution in [3.05, 3.63) is 46.0 Å². The second kappa shape index (κ2) is 6.53. The number of aliphatic carboxylic acids is 1.